The van der Waals surface area contributed by atoms with Gasteiger partial charge in [0.05, 0.1) is 31.7 Å². The highest BCUT2D eigenvalue weighted by Gasteiger charge is 2.51. The first-order valence-corrected chi connectivity index (χ1v) is 11.8. The molecule has 2 aromatic heterocycles. The molecule has 0 bridgehead atoms. The van der Waals surface area contributed by atoms with Crippen LogP contribution in [-0.2, 0) is 10.3 Å². The number of aliphatic imine (C=N–C) groups is 1. The maximum Gasteiger partial charge on any atom is 0.275 e. The van der Waals surface area contributed by atoms with Gasteiger partial charge in [0, 0.05) is 41.5 Å². The van der Waals surface area contributed by atoms with Crippen LogP contribution in [0.4, 0.5) is 14.5 Å². The highest BCUT2D eigenvalue weighted by atomic mass is 19.1. The van der Waals surface area contributed by atoms with Crippen molar-refractivity contribution in [2.24, 2.45) is 10.8 Å². The van der Waals surface area contributed by atoms with E-state index in [0.29, 0.717) is 41.1 Å². The summed E-state index contributed by atoms with van der Waals surface area (Å²) in [7, 11) is 1.45. The van der Waals surface area contributed by atoms with Crippen molar-refractivity contribution in [1.29, 1.82) is 0 Å². The summed E-state index contributed by atoms with van der Waals surface area (Å²) >= 11 is 0. The van der Waals surface area contributed by atoms with Crippen LogP contribution in [0.2, 0.25) is 0 Å². The summed E-state index contributed by atoms with van der Waals surface area (Å²) in [6.07, 6.45) is 8.39. The van der Waals surface area contributed by atoms with Crippen LogP contribution >= 0.6 is 0 Å². The monoisotopic (exact) mass is 533 g/mol. The van der Waals surface area contributed by atoms with Gasteiger partial charge in [-0.15, -0.1) is 0 Å². The fourth-order valence-electron chi connectivity index (χ4n) is 4.78. The number of anilines is 1. The maximum atomic E-state index is 15.7. The van der Waals surface area contributed by atoms with E-state index < -0.39 is 29.3 Å². The number of pyridine rings is 1. The van der Waals surface area contributed by atoms with Crippen LogP contribution in [0.5, 0.6) is 11.6 Å². The minimum atomic E-state index is -1.22. The van der Waals surface area contributed by atoms with Crippen molar-refractivity contribution in [2.75, 3.05) is 19.0 Å². The van der Waals surface area contributed by atoms with Crippen LogP contribution < -0.4 is 20.6 Å². The molecule has 0 aliphatic carbocycles. The third-order valence-corrected chi connectivity index (χ3v) is 6.66. The average molecular weight is 533 g/mol. The van der Waals surface area contributed by atoms with Crippen LogP contribution in [0.3, 0.4) is 0 Å². The molecule has 39 heavy (non-hydrogen) atoms. The number of hydrogen-bond donors (Lipinski definition) is 2. The van der Waals surface area contributed by atoms with Crippen LogP contribution in [0.25, 0.3) is 0 Å². The first kappa shape index (κ1) is 24.4. The molecule has 1 amide bonds. The number of halogens is 2. The lowest BCUT2D eigenvalue weighted by Crippen LogP contribution is -2.45. The molecule has 0 radical (unpaired) electrons. The molecule has 6 rings (SSSR count). The molecule has 3 aromatic rings. The molecular formula is C26H21F2N7O4. The van der Waals surface area contributed by atoms with Gasteiger partial charge >= 0.3 is 0 Å². The Morgan fingerprint density at radius 3 is 2.79 bits per heavy atom. The lowest BCUT2D eigenvalue weighted by molar-refractivity contribution is 0.0578. The first-order chi connectivity index (χ1) is 18.9. The fraction of sp³-hybridized carbons (Fsp3) is 0.192. The molecule has 3 aliphatic heterocycles. The topological polar surface area (TPSA) is 137 Å². The van der Waals surface area contributed by atoms with Crippen LogP contribution in [0, 0.1) is 5.82 Å². The Morgan fingerprint density at radius 2 is 2.08 bits per heavy atom. The zero-order chi connectivity index (χ0) is 27.1. The molecule has 3 aliphatic rings. The second-order valence-electron chi connectivity index (χ2n) is 8.91. The van der Waals surface area contributed by atoms with E-state index in [0.717, 1.165) is 11.2 Å². The third kappa shape index (κ3) is 4.12. The smallest absolute Gasteiger partial charge is 0.275 e. The Bertz CT molecular complexity index is 1560. The minimum Gasteiger partial charge on any atom is -0.480 e. The Balaban J connectivity index is 1.42. The van der Waals surface area contributed by atoms with Gasteiger partial charge in [-0.2, -0.15) is 4.39 Å². The van der Waals surface area contributed by atoms with Crippen molar-refractivity contribution in [3.05, 3.63) is 95.0 Å². The van der Waals surface area contributed by atoms with Gasteiger partial charge in [0.1, 0.15) is 17.3 Å². The largest absolute Gasteiger partial charge is 0.480 e. The number of nitrogens with two attached hydrogens (primary N) is 1. The number of aromatic nitrogens is 3. The fourth-order valence-corrected chi connectivity index (χ4v) is 4.78. The second kappa shape index (κ2) is 9.44. The summed E-state index contributed by atoms with van der Waals surface area (Å²) in [5, 5.41) is 3.64. The molecule has 1 aromatic carbocycles. The van der Waals surface area contributed by atoms with Gasteiger partial charge < -0.3 is 19.5 Å². The predicted octanol–water partition coefficient (Wildman–Crippen LogP) is 3.30. The van der Waals surface area contributed by atoms with Gasteiger partial charge in [0.15, 0.2) is 17.8 Å². The van der Waals surface area contributed by atoms with Crippen molar-refractivity contribution in [3.63, 3.8) is 0 Å². The summed E-state index contributed by atoms with van der Waals surface area (Å²) < 4.78 is 46.8. The maximum absolute atomic E-state index is 15.7. The number of nitrogens with one attached hydrogen (secondary N) is 1. The summed E-state index contributed by atoms with van der Waals surface area (Å²) in [5.74, 6) is 4.63. The molecule has 198 valence electrons. The second-order valence-corrected chi connectivity index (χ2v) is 8.91. The van der Waals surface area contributed by atoms with Crippen LogP contribution in [0.1, 0.15) is 34.1 Å². The quantitative estimate of drug-likeness (QED) is 0.382. The number of hydrazine groups is 1. The first-order valence-electron chi connectivity index (χ1n) is 11.8. The van der Waals surface area contributed by atoms with Gasteiger partial charge in [-0.3, -0.25) is 19.8 Å². The van der Waals surface area contributed by atoms with E-state index in [1.54, 1.807) is 24.3 Å². The van der Waals surface area contributed by atoms with Crippen molar-refractivity contribution < 1.29 is 27.8 Å². The highest BCUT2D eigenvalue weighted by Crippen LogP contribution is 2.54. The third-order valence-electron chi connectivity index (χ3n) is 6.66. The lowest BCUT2D eigenvalue weighted by Gasteiger charge is -2.45. The number of hydrogen-bond acceptors (Lipinski definition) is 10. The summed E-state index contributed by atoms with van der Waals surface area (Å²) in [4.78, 5) is 28.9. The van der Waals surface area contributed by atoms with E-state index in [1.807, 2.05) is 0 Å². The molecule has 2 atom stereocenters. The number of methoxy groups -OCH3 is 1. The Morgan fingerprint density at radius 1 is 1.21 bits per heavy atom. The minimum absolute atomic E-state index is 0.0809. The van der Waals surface area contributed by atoms with Crippen molar-refractivity contribution in [1.82, 2.24) is 20.0 Å². The number of carbonyl (C=O) groups excluding carboxylic acids is 1. The lowest BCUT2D eigenvalue weighted by atomic mass is 9.77. The van der Waals surface area contributed by atoms with Gasteiger partial charge in [-0.05, 0) is 30.3 Å². The molecule has 3 N–H and O–H groups in total. The average Bonchev–Trinajstić information content (AvgIpc) is 2.96. The Hall–Kier alpha value is -4.91. The number of carbonyl (C=O) groups is 1. The zero-order valence-electron chi connectivity index (χ0n) is 20.5. The molecule has 11 nitrogen and oxygen atoms in total. The zero-order valence-corrected chi connectivity index (χ0v) is 20.5. The van der Waals surface area contributed by atoms with Gasteiger partial charge in [0.2, 0.25) is 11.8 Å². The molecular weight excluding hydrogens is 512 g/mol. The molecule has 13 heteroatoms. The highest BCUT2D eigenvalue weighted by molar-refractivity contribution is 6.02. The SMILES string of the molecule is COc1cnc(C(=O)Nc2ccc3c(c2)[C@@]2(CCN=CO2)C2=CC(c4cncc(F)c4)N(N)C(F)=C2O3)cn1. The van der Waals surface area contributed by atoms with Gasteiger partial charge in [-0.25, -0.2) is 20.2 Å². The van der Waals surface area contributed by atoms with E-state index in [2.05, 4.69) is 25.3 Å². The standard InChI is InChI=1S/C26H21F2N7O4/c1-37-22-12-32-19(11-33-22)25(36)34-16-2-3-21-17(7-16)26(4-5-30-13-38-26)18-8-20(14-6-15(27)10-31-9-14)35(29)24(28)23(18)39-21/h2-3,6-13,20H,4-5,29H2,1H3,(H,34,36)/t20?,26-/m0/s1. The van der Waals surface area contributed by atoms with E-state index in [9.17, 15) is 9.18 Å². The number of ether oxygens (including phenoxy) is 3. The summed E-state index contributed by atoms with van der Waals surface area (Å²) in [6.45, 7) is 0.377. The van der Waals surface area contributed by atoms with E-state index in [4.69, 9.17) is 20.1 Å². The van der Waals surface area contributed by atoms with E-state index in [1.165, 1.54) is 38.2 Å². The molecule has 1 unspecified atom stereocenters. The summed E-state index contributed by atoms with van der Waals surface area (Å²) in [5.41, 5.74) is 0.517. The number of benzene rings is 1. The van der Waals surface area contributed by atoms with Gasteiger partial charge in [-0.1, -0.05) is 0 Å². The molecule has 0 saturated carbocycles. The molecule has 5 heterocycles. The summed E-state index contributed by atoms with van der Waals surface area (Å²) in [6, 6.07) is 5.23. The van der Waals surface area contributed by atoms with Crippen LogP contribution in [0.15, 0.2) is 77.4 Å². The Labute approximate surface area is 220 Å². The number of rotatable bonds is 4. The number of amides is 1. The molecule has 0 fully saturated rings. The normalized spacial score (nSPS) is 21.4. The number of fused-ring (bicyclic) bond motifs is 4. The van der Waals surface area contributed by atoms with Crippen molar-refractivity contribution in [3.8, 4) is 11.6 Å². The van der Waals surface area contributed by atoms with Crippen molar-refractivity contribution in [2.45, 2.75) is 18.1 Å². The predicted molar refractivity (Wildman–Crippen MR) is 134 cm³/mol. The van der Waals surface area contributed by atoms with Crippen LogP contribution in [-0.4, -0.2) is 45.9 Å². The molecule has 0 saturated heterocycles. The van der Waals surface area contributed by atoms with E-state index >= 15 is 4.39 Å². The van der Waals surface area contributed by atoms with E-state index in [-0.39, 0.29) is 17.3 Å². The molecule has 1 spiro atoms. The van der Waals surface area contributed by atoms with Crippen molar-refractivity contribution >= 4 is 18.0 Å². The Kier molecular flexibility index (Phi) is 5.91. The number of nitrogens with zero attached hydrogens (tertiary/aromatic N) is 5. The van der Waals surface area contributed by atoms with Gasteiger partial charge in [0.25, 0.3) is 5.91 Å².